The first-order valence-electron chi connectivity index (χ1n) is 9.82. The first kappa shape index (κ1) is 25.9. The van der Waals surface area contributed by atoms with Crippen molar-refractivity contribution in [2.24, 2.45) is 4.99 Å². The molecule has 1 heterocycles. The van der Waals surface area contributed by atoms with Crippen LogP contribution in [-0.4, -0.2) is 88.2 Å². The normalized spacial score (nSPS) is 14.8. The Bertz CT molecular complexity index is 639. The Kier molecular flexibility index (Phi) is 13.2. The van der Waals surface area contributed by atoms with Gasteiger partial charge in [-0.05, 0) is 31.0 Å². The molecule has 9 heteroatoms. The second-order valence-corrected chi connectivity index (χ2v) is 7.36. The molecule has 1 saturated heterocycles. The highest BCUT2D eigenvalue weighted by Gasteiger charge is 2.10. The molecule has 29 heavy (non-hydrogen) atoms. The number of hydrogen-bond acceptors (Lipinski definition) is 4. The number of halogens is 2. The number of benzene rings is 1. The van der Waals surface area contributed by atoms with Crippen molar-refractivity contribution < 1.29 is 9.53 Å². The molecule has 1 amide bonds. The van der Waals surface area contributed by atoms with E-state index < -0.39 is 0 Å². The van der Waals surface area contributed by atoms with Gasteiger partial charge < -0.3 is 20.3 Å². The summed E-state index contributed by atoms with van der Waals surface area (Å²) in [6.45, 7) is 6.26. The average Bonchev–Trinajstić information content (AvgIpc) is 2.70. The van der Waals surface area contributed by atoms with Crippen molar-refractivity contribution in [1.29, 1.82) is 0 Å². The molecule has 0 radical (unpaired) electrons. The average molecular weight is 538 g/mol. The third-order valence-electron chi connectivity index (χ3n) is 4.56. The van der Waals surface area contributed by atoms with Gasteiger partial charge in [-0.3, -0.25) is 9.69 Å². The zero-order valence-electron chi connectivity index (χ0n) is 17.3. The molecule has 0 aliphatic carbocycles. The van der Waals surface area contributed by atoms with Crippen LogP contribution in [0, 0.1) is 0 Å². The minimum absolute atomic E-state index is 0. The molecule has 0 atom stereocenters. The minimum atomic E-state index is -0.0273. The summed E-state index contributed by atoms with van der Waals surface area (Å²) in [7, 11) is 3.47. The highest BCUT2D eigenvalue weighted by atomic mass is 127. The summed E-state index contributed by atoms with van der Waals surface area (Å²) in [6, 6.07) is 7.82. The lowest BCUT2D eigenvalue weighted by Gasteiger charge is -2.26. The monoisotopic (exact) mass is 537 g/mol. The topological polar surface area (TPSA) is 69.2 Å². The van der Waals surface area contributed by atoms with Crippen molar-refractivity contribution in [3.8, 4) is 0 Å². The molecule has 1 aliphatic rings. The van der Waals surface area contributed by atoms with Gasteiger partial charge in [0.25, 0.3) is 0 Å². The SMILES string of the molecule is CN(C)C(=O)CN=C(NCCCN1CCOCC1)NCCc1ccccc1Cl.I. The van der Waals surface area contributed by atoms with E-state index in [1.165, 1.54) is 0 Å². The number of guanidine groups is 1. The van der Waals surface area contributed by atoms with Crippen LogP contribution in [-0.2, 0) is 16.0 Å². The summed E-state index contributed by atoms with van der Waals surface area (Å²) >= 11 is 6.22. The van der Waals surface area contributed by atoms with Gasteiger partial charge in [-0.2, -0.15) is 0 Å². The number of amides is 1. The van der Waals surface area contributed by atoms with Crippen molar-refractivity contribution in [3.63, 3.8) is 0 Å². The molecule has 2 rings (SSSR count). The van der Waals surface area contributed by atoms with Gasteiger partial charge in [-0.15, -0.1) is 24.0 Å². The van der Waals surface area contributed by atoms with E-state index in [0.717, 1.165) is 62.8 Å². The lowest BCUT2D eigenvalue weighted by atomic mass is 10.1. The number of hydrogen-bond donors (Lipinski definition) is 2. The second-order valence-electron chi connectivity index (χ2n) is 6.96. The summed E-state index contributed by atoms with van der Waals surface area (Å²) in [4.78, 5) is 20.2. The van der Waals surface area contributed by atoms with Gasteiger partial charge in [0.2, 0.25) is 5.91 Å². The smallest absolute Gasteiger partial charge is 0.243 e. The third-order valence-corrected chi connectivity index (χ3v) is 4.93. The Morgan fingerprint density at radius 2 is 1.90 bits per heavy atom. The standard InChI is InChI=1S/C20H32ClN5O2.HI/c1-25(2)19(27)16-24-20(22-9-5-11-26-12-14-28-15-13-26)23-10-8-17-6-3-4-7-18(17)21;/h3-4,6-7H,5,8-16H2,1-2H3,(H2,22,23,24);1H. The minimum Gasteiger partial charge on any atom is -0.379 e. The first-order chi connectivity index (χ1) is 13.6. The van der Waals surface area contributed by atoms with E-state index in [4.69, 9.17) is 16.3 Å². The number of carbonyl (C=O) groups excluding carboxylic acids is 1. The van der Waals surface area contributed by atoms with Gasteiger partial charge in [-0.25, -0.2) is 4.99 Å². The van der Waals surface area contributed by atoms with E-state index in [1.54, 1.807) is 19.0 Å². The van der Waals surface area contributed by atoms with E-state index in [-0.39, 0.29) is 36.4 Å². The maximum absolute atomic E-state index is 11.9. The summed E-state index contributed by atoms with van der Waals surface area (Å²) in [5.41, 5.74) is 1.09. The summed E-state index contributed by atoms with van der Waals surface area (Å²) in [5, 5.41) is 7.40. The summed E-state index contributed by atoms with van der Waals surface area (Å²) in [5.74, 6) is 0.629. The van der Waals surface area contributed by atoms with Crippen molar-refractivity contribution >= 4 is 47.4 Å². The van der Waals surface area contributed by atoms with Crippen LogP contribution in [0.4, 0.5) is 0 Å². The first-order valence-corrected chi connectivity index (χ1v) is 10.2. The van der Waals surface area contributed by atoms with Crippen LogP contribution in [0.3, 0.4) is 0 Å². The molecule has 0 unspecified atom stereocenters. The molecule has 164 valence electrons. The Morgan fingerprint density at radius 3 is 2.59 bits per heavy atom. The van der Waals surface area contributed by atoms with E-state index in [0.29, 0.717) is 12.5 Å². The number of morpholine rings is 1. The lowest BCUT2D eigenvalue weighted by molar-refractivity contribution is -0.127. The number of ether oxygens (including phenoxy) is 1. The lowest BCUT2D eigenvalue weighted by Crippen LogP contribution is -2.41. The zero-order chi connectivity index (χ0) is 20.2. The van der Waals surface area contributed by atoms with Crippen LogP contribution in [0.15, 0.2) is 29.3 Å². The third kappa shape index (κ3) is 10.5. The molecule has 1 fully saturated rings. The van der Waals surface area contributed by atoms with Gasteiger partial charge in [0.15, 0.2) is 5.96 Å². The fourth-order valence-corrected chi connectivity index (χ4v) is 3.04. The predicted molar refractivity (Wildman–Crippen MR) is 129 cm³/mol. The Morgan fingerprint density at radius 1 is 1.21 bits per heavy atom. The van der Waals surface area contributed by atoms with Gasteiger partial charge in [0, 0.05) is 45.3 Å². The number of likely N-dealkylation sites (N-methyl/N-ethyl adjacent to an activating group) is 1. The Labute approximate surface area is 196 Å². The fraction of sp³-hybridized carbons (Fsp3) is 0.600. The van der Waals surface area contributed by atoms with Gasteiger partial charge in [-0.1, -0.05) is 29.8 Å². The molecule has 1 aromatic rings. The number of nitrogens with one attached hydrogen (secondary N) is 2. The molecule has 7 nitrogen and oxygen atoms in total. The molecular formula is C20H33ClIN5O2. The maximum atomic E-state index is 11.9. The zero-order valence-corrected chi connectivity index (χ0v) is 20.4. The molecule has 2 N–H and O–H groups in total. The molecular weight excluding hydrogens is 505 g/mol. The van der Waals surface area contributed by atoms with Crippen LogP contribution >= 0.6 is 35.6 Å². The van der Waals surface area contributed by atoms with Crippen LogP contribution < -0.4 is 10.6 Å². The second kappa shape index (κ2) is 14.8. The fourth-order valence-electron chi connectivity index (χ4n) is 2.81. The van der Waals surface area contributed by atoms with E-state index in [1.807, 2.05) is 24.3 Å². The molecule has 0 aromatic heterocycles. The molecule has 0 saturated carbocycles. The maximum Gasteiger partial charge on any atom is 0.243 e. The number of aliphatic imine (C=N–C) groups is 1. The highest BCUT2D eigenvalue weighted by molar-refractivity contribution is 14.0. The van der Waals surface area contributed by atoms with Crippen LogP contribution in [0.5, 0.6) is 0 Å². The Balaban J connectivity index is 0.00000420. The van der Waals surface area contributed by atoms with Crippen LogP contribution in [0.25, 0.3) is 0 Å². The quantitative estimate of drug-likeness (QED) is 0.218. The van der Waals surface area contributed by atoms with Crippen LogP contribution in [0.1, 0.15) is 12.0 Å². The summed E-state index contributed by atoms with van der Waals surface area (Å²) < 4.78 is 5.38. The predicted octanol–water partition coefficient (Wildman–Crippen LogP) is 1.85. The molecule has 0 spiro atoms. The highest BCUT2D eigenvalue weighted by Crippen LogP contribution is 2.14. The van der Waals surface area contributed by atoms with Crippen molar-refractivity contribution in [1.82, 2.24) is 20.4 Å². The number of rotatable bonds is 9. The van der Waals surface area contributed by atoms with Gasteiger partial charge in [0.1, 0.15) is 6.54 Å². The molecule has 1 aliphatic heterocycles. The molecule has 1 aromatic carbocycles. The van der Waals surface area contributed by atoms with E-state index in [9.17, 15) is 4.79 Å². The molecule has 0 bridgehead atoms. The van der Waals surface area contributed by atoms with E-state index in [2.05, 4.69) is 20.5 Å². The van der Waals surface area contributed by atoms with E-state index >= 15 is 0 Å². The van der Waals surface area contributed by atoms with Crippen molar-refractivity contribution in [2.45, 2.75) is 12.8 Å². The summed E-state index contributed by atoms with van der Waals surface area (Å²) in [6.07, 6.45) is 1.79. The van der Waals surface area contributed by atoms with Gasteiger partial charge in [0.05, 0.1) is 13.2 Å². The van der Waals surface area contributed by atoms with Crippen LogP contribution in [0.2, 0.25) is 5.02 Å². The largest absolute Gasteiger partial charge is 0.379 e. The van der Waals surface area contributed by atoms with Crippen molar-refractivity contribution in [2.75, 3.05) is 66.6 Å². The Hall–Kier alpha value is -1.10. The number of carbonyl (C=O) groups is 1. The van der Waals surface area contributed by atoms with Gasteiger partial charge >= 0.3 is 0 Å². The van der Waals surface area contributed by atoms with Crippen molar-refractivity contribution in [3.05, 3.63) is 34.9 Å². The number of nitrogens with zero attached hydrogens (tertiary/aromatic N) is 3.